The van der Waals surface area contributed by atoms with E-state index in [-0.39, 0.29) is 35.3 Å². The van der Waals surface area contributed by atoms with Crippen molar-refractivity contribution in [1.29, 1.82) is 0 Å². The summed E-state index contributed by atoms with van der Waals surface area (Å²) in [7, 11) is 1.70. The van der Waals surface area contributed by atoms with Gasteiger partial charge in [0.1, 0.15) is 18.1 Å². The molecule has 3 amide bonds. The predicted molar refractivity (Wildman–Crippen MR) is 237 cm³/mol. The number of amides is 3. The minimum Gasteiger partial charge on any atom is -0.444 e. The maximum Gasteiger partial charge on any atom is 0.329 e. The molecule has 4 N–H and O–H groups in total. The number of aryl methyl sites for hydroxylation is 1. The van der Waals surface area contributed by atoms with Crippen LogP contribution in [0.4, 0.5) is 26.0 Å². The van der Waals surface area contributed by atoms with Gasteiger partial charge in [-0.15, -0.1) is 0 Å². The number of hydrogen-bond acceptors (Lipinski definition) is 13. The highest BCUT2D eigenvalue weighted by molar-refractivity contribution is 6.03. The highest BCUT2D eigenvalue weighted by atomic mass is 19.3. The minimum absolute atomic E-state index is 0.0687. The molecule has 2 aliphatic heterocycles. The number of aromatic nitrogens is 6. The Morgan fingerprint density at radius 2 is 1.77 bits per heavy atom. The van der Waals surface area contributed by atoms with Gasteiger partial charge in [0.15, 0.2) is 11.4 Å². The molecule has 1 atom stereocenters. The summed E-state index contributed by atoms with van der Waals surface area (Å²) in [5.74, 6) is 0.0614. The summed E-state index contributed by atoms with van der Waals surface area (Å²) in [6, 6.07) is 16.0. The van der Waals surface area contributed by atoms with Gasteiger partial charge in [-0.2, -0.15) is 5.10 Å². The van der Waals surface area contributed by atoms with Crippen LogP contribution in [0.5, 0.6) is 0 Å². The first kappa shape index (κ1) is 43.5. The number of nitrogens with one attached hydrogen (secondary N) is 4. The molecule has 6 heterocycles. The Labute approximate surface area is 371 Å². The molecule has 65 heavy (non-hydrogen) atoms. The third kappa shape index (κ3) is 9.98. The second kappa shape index (κ2) is 19.1. The number of pyridine rings is 1. The van der Waals surface area contributed by atoms with E-state index in [2.05, 4.69) is 46.1 Å². The lowest BCUT2D eigenvalue weighted by Crippen LogP contribution is -2.47. The van der Waals surface area contributed by atoms with Crippen LogP contribution >= 0.6 is 0 Å². The van der Waals surface area contributed by atoms with Gasteiger partial charge >= 0.3 is 5.69 Å². The quantitative estimate of drug-likeness (QED) is 0.0696. The Morgan fingerprint density at radius 1 is 0.969 bits per heavy atom. The number of carbonyl (C=O) groups excluding carboxylic acids is 3. The zero-order valence-corrected chi connectivity index (χ0v) is 35.8. The molecule has 18 nitrogen and oxygen atoms in total. The lowest BCUT2D eigenvalue weighted by molar-refractivity contribution is -0.135. The monoisotopic (exact) mass is 892 g/mol. The van der Waals surface area contributed by atoms with Crippen molar-refractivity contribution in [3.8, 4) is 17.1 Å². The average Bonchev–Trinajstić information content (AvgIpc) is 3.72. The summed E-state index contributed by atoms with van der Waals surface area (Å²) < 4.78 is 44.0. The van der Waals surface area contributed by atoms with Gasteiger partial charge in [0.05, 0.1) is 41.8 Å². The second-order valence-corrected chi connectivity index (χ2v) is 16.6. The van der Waals surface area contributed by atoms with Crippen LogP contribution in [0.25, 0.3) is 28.2 Å². The zero-order valence-electron chi connectivity index (χ0n) is 35.8. The molecule has 3 aliphatic rings. The van der Waals surface area contributed by atoms with Crippen molar-refractivity contribution in [1.82, 2.24) is 44.4 Å². The molecule has 3 fully saturated rings. The number of hydrogen-bond donors (Lipinski definition) is 4. The maximum absolute atomic E-state index is 14.1. The molecular weight excluding hydrogens is 843 g/mol. The van der Waals surface area contributed by atoms with Crippen LogP contribution in [-0.4, -0.2) is 111 Å². The number of anilines is 3. The van der Waals surface area contributed by atoms with E-state index in [1.54, 1.807) is 42.1 Å². The molecule has 9 rings (SSSR count). The Kier molecular flexibility index (Phi) is 12.8. The van der Waals surface area contributed by atoms with E-state index in [4.69, 9.17) is 9.15 Å². The highest BCUT2D eigenvalue weighted by Gasteiger charge is 2.32. The average molecular weight is 893 g/mol. The number of rotatable bonds is 18. The minimum atomic E-state index is -2.93. The first-order valence-electron chi connectivity index (χ1n) is 21.8. The molecule has 1 saturated carbocycles. The van der Waals surface area contributed by atoms with Crippen molar-refractivity contribution in [2.75, 3.05) is 74.6 Å². The smallest absolute Gasteiger partial charge is 0.329 e. The van der Waals surface area contributed by atoms with Gasteiger partial charge in [0, 0.05) is 83.3 Å². The van der Waals surface area contributed by atoms with Gasteiger partial charge in [-0.25, -0.2) is 28.2 Å². The highest BCUT2D eigenvalue weighted by Crippen LogP contribution is 2.31. The fraction of sp³-hybridized carbons (Fsp3) is 0.400. The van der Waals surface area contributed by atoms with E-state index in [9.17, 15) is 28.0 Å². The standard InChI is InChI=1S/C45H50F2N12O6/c1-55-37-23-32(8-9-35(37)59(45(55)63)36-10-11-39(60)53-43(36)62)57-17-15-56(16-18-57)19-21-64-20-14-48-24-28-4-6-31(7-5-28)58-26-33(40(54-58)41(46)47)51-42(61)34-27-65-44(52-34)30-12-13-49-38(22-30)50-25-29-2-3-29/h4-9,12-13,22-23,26-27,29,36,41,48H,2-3,10-11,14-21,24-25H2,1H3,(H,49,50)(H,51,61)(H,53,60,62). The molecule has 0 radical (unpaired) electrons. The van der Waals surface area contributed by atoms with E-state index < -0.39 is 30.0 Å². The third-order valence-electron chi connectivity index (χ3n) is 12.0. The van der Waals surface area contributed by atoms with Gasteiger partial charge in [0.25, 0.3) is 12.3 Å². The van der Waals surface area contributed by atoms with Gasteiger partial charge in [-0.05, 0) is 73.2 Å². The van der Waals surface area contributed by atoms with Crippen LogP contribution in [0.3, 0.4) is 0 Å². The largest absolute Gasteiger partial charge is 0.444 e. The number of ether oxygens (including phenoxy) is 1. The van der Waals surface area contributed by atoms with Crippen LogP contribution in [0, 0.1) is 5.92 Å². The molecule has 4 aromatic heterocycles. The number of benzene rings is 2. The molecule has 20 heteroatoms. The number of alkyl halides is 2. The van der Waals surface area contributed by atoms with Crippen molar-refractivity contribution < 1.29 is 32.3 Å². The number of piperazine rings is 1. The van der Waals surface area contributed by atoms with Crippen LogP contribution in [0.2, 0.25) is 0 Å². The number of carbonyl (C=O) groups is 3. The Bertz CT molecular complexity index is 2730. The van der Waals surface area contributed by atoms with Crippen molar-refractivity contribution in [3.63, 3.8) is 0 Å². The molecule has 340 valence electrons. The number of imide groups is 1. The SMILES string of the molecule is Cn1c(=O)n(C2CCC(=O)NC2=O)c2ccc(N3CCN(CCOCCNCc4ccc(-n5cc(NC(=O)c6coc(-c7ccnc(NCC8CC8)c7)n6)c(C(F)F)n5)cc4)CC3)cc21. The molecule has 0 bridgehead atoms. The third-order valence-corrected chi connectivity index (χ3v) is 12.0. The number of fused-ring (bicyclic) bond motifs is 1. The summed E-state index contributed by atoms with van der Waals surface area (Å²) in [4.78, 5) is 63.7. The fourth-order valence-corrected chi connectivity index (χ4v) is 8.15. The molecular formula is C45H50F2N12O6. The van der Waals surface area contributed by atoms with E-state index in [1.807, 2.05) is 30.3 Å². The molecule has 2 aromatic carbocycles. The Hall–Kier alpha value is -6.77. The van der Waals surface area contributed by atoms with Crippen LogP contribution in [0.1, 0.15) is 59.9 Å². The number of imidazole rings is 1. The normalized spacial score (nSPS) is 17.0. The van der Waals surface area contributed by atoms with E-state index in [1.165, 1.54) is 34.6 Å². The number of oxazole rings is 1. The van der Waals surface area contributed by atoms with E-state index in [0.717, 1.165) is 56.0 Å². The predicted octanol–water partition coefficient (Wildman–Crippen LogP) is 4.49. The fourth-order valence-electron chi connectivity index (χ4n) is 8.15. The summed E-state index contributed by atoms with van der Waals surface area (Å²) in [6.45, 7) is 7.33. The van der Waals surface area contributed by atoms with Crippen LogP contribution in [0.15, 0.2) is 82.5 Å². The zero-order chi connectivity index (χ0) is 45.0. The molecule has 1 unspecified atom stereocenters. The first-order valence-corrected chi connectivity index (χ1v) is 21.8. The van der Waals surface area contributed by atoms with Crippen LogP contribution < -0.4 is 31.9 Å². The van der Waals surface area contributed by atoms with Gasteiger partial charge in [-0.1, -0.05) is 12.1 Å². The molecule has 6 aromatic rings. The Morgan fingerprint density at radius 3 is 2.54 bits per heavy atom. The lowest BCUT2D eigenvalue weighted by atomic mass is 10.1. The van der Waals surface area contributed by atoms with E-state index in [0.29, 0.717) is 61.2 Å². The second-order valence-electron chi connectivity index (χ2n) is 16.6. The molecule has 2 saturated heterocycles. The van der Waals surface area contributed by atoms with Crippen molar-refractivity contribution in [2.24, 2.45) is 13.0 Å². The van der Waals surface area contributed by atoms with E-state index >= 15 is 0 Å². The van der Waals surface area contributed by atoms with Crippen molar-refractivity contribution >= 4 is 45.9 Å². The maximum atomic E-state index is 14.1. The topological polar surface area (TPSA) is 199 Å². The molecule has 0 spiro atoms. The number of nitrogens with zero attached hydrogens (tertiary/aromatic N) is 8. The van der Waals surface area contributed by atoms with Crippen LogP contribution in [-0.2, 0) is 27.9 Å². The summed E-state index contributed by atoms with van der Waals surface area (Å²) in [5.41, 5.74) is 3.51. The first-order chi connectivity index (χ1) is 31.6. The van der Waals surface area contributed by atoms with Crippen molar-refractivity contribution in [2.45, 2.75) is 44.7 Å². The number of piperidine rings is 1. The summed E-state index contributed by atoms with van der Waals surface area (Å²) in [5, 5.41) is 15.6. The Balaban J connectivity index is 0.694. The van der Waals surface area contributed by atoms with Gasteiger partial charge in [0.2, 0.25) is 17.7 Å². The van der Waals surface area contributed by atoms with Crippen molar-refractivity contribution in [3.05, 3.63) is 101 Å². The molecule has 1 aliphatic carbocycles. The number of halogens is 2. The van der Waals surface area contributed by atoms with Gasteiger partial charge < -0.3 is 30.0 Å². The summed E-state index contributed by atoms with van der Waals surface area (Å²) in [6.07, 6.45) is 4.12. The summed E-state index contributed by atoms with van der Waals surface area (Å²) >= 11 is 0. The van der Waals surface area contributed by atoms with Gasteiger partial charge in [-0.3, -0.25) is 33.7 Å². The lowest BCUT2D eigenvalue weighted by Gasteiger charge is -2.36.